The van der Waals surface area contributed by atoms with Crippen LogP contribution in [0, 0.1) is 5.82 Å². The van der Waals surface area contributed by atoms with Gasteiger partial charge in [0.25, 0.3) is 0 Å². The van der Waals surface area contributed by atoms with E-state index in [0.29, 0.717) is 12.2 Å². The summed E-state index contributed by atoms with van der Waals surface area (Å²) in [5.41, 5.74) is 0.257. The number of hydrogen-bond acceptors (Lipinski definition) is 2. The van der Waals surface area contributed by atoms with E-state index in [1.807, 2.05) is 0 Å². The van der Waals surface area contributed by atoms with Crippen LogP contribution in [0.2, 0.25) is 5.02 Å². The van der Waals surface area contributed by atoms with Gasteiger partial charge in [0.2, 0.25) is 0 Å². The number of Topliss-reactive ketones (excluding diaryl/α,β-unsaturated/α-hetero) is 1. The summed E-state index contributed by atoms with van der Waals surface area (Å²) < 4.78 is 19.0. The summed E-state index contributed by atoms with van der Waals surface area (Å²) in [4.78, 5) is 11.4. The van der Waals surface area contributed by atoms with Crippen LogP contribution in [0.15, 0.2) is 34.7 Å². The molecule has 1 aromatic heterocycles. The van der Waals surface area contributed by atoms with Crippen molar-refractivity contribution >= 4 is 17.4 Å². The summed E-state index contributed by atoms with van der Waals surface area (Å²) in [6, 6.07) is 7.76. The van der Waals surface area contributed by atoms with E-state index in [1.54, 1.807) is 31.2 Å². The molecule has 4 heteroatoms. The van der Waals surface area contributed by atoms with Crippen LogP contribution in [0.3, 0.4) is 0 Å². The first-order chi connectivity index (χ1) is 8.13. The molecule has 2 rings (SSSR count). The molecule has 0 aliphatic rings. The molecule has 2 nitrogen and oxygen atoms in total. The van der Waals surface area contributed by atoms with E-state index in [0.717, 1.165) is 0 Å². The minimum Gasteiger partial charge on any atom is -0.453 e. The van der Waals surface area contributed by atoms with Crippen LogP contribution in [0.25, 0.3) is 11.3 Å². The molecular weight excluding hydrogens is 243 g/mol. The van der Waals surface area contributed by atoms with Gasteiger partial charge in [0.1, 0.15) is 5.76 Å². The Kier molecular flexibility index (Phi) is 3.29. The van der Waals surface area contributed by atoms with Crippen LogP contribution in [0.4, 0.5) is 4.39 Å². The Morgan fingerprint density at radius 1 is 1.35 bits per heavy atom. The van der Waals surface area contributed by atoms with Crippen molar-refractivity contribution in [2.24, 2.45) is 0 Å². The van der Waals surface area contributed by atoms with E-state index in [9.17, 15) is 9.18 Å². The molecule has 0 spiro atoms. The topological polar surface area (TPSA) is 30.2 Å². The number of benzene rings is 1. The lowest BCUT2D eigenvalue weighted by atomic mass is 10.1. The molecule has 0 unspecified atom stereocenters. The molecule has 2 aromatic rings. The molecule has 1 heterocycles. The Morgan fingerprint density at radius 3 is 2.82 bits per heavy atom. The highest BCUT2D eigenvalue weighted by atomic mass is 35.5. The van der Waals surface area contributed by atoms with Gasteiger partial charge in [-0.2, -0.15) is 0 Å². The van der Waals surface area contributed by atoms with Crippen molar-refractivity contribution in [1.82, 2.24) is 0 Å². The van der Waals surface area contributed by atoms with Gasteiger partial charge in [-0.25, -0.2) is 4.39 Å². The van der Waals surface area contributed by atoms with Crippen LogP contribution in [-0.2, 0) is 0 Å². The van der Waals surface area contributed by atoms with Crippen molar-refractivity contribution in [2.45, 2.75) is 13.3 Å². The van der Waals surface area contributed by atoms with Crippen molar-refractivity contribution < 1.29 is 13.6 Å². The highest BCUT2D eigenvalue weighted by Gasteiger charge is 2.14. The van der Waals surface area contributed by atoms with Gasteiger partial charge in [-0.3, -0.25) is 4.79 Å². The zero-order valence-corrected chi connectivity index (χ0v) is 9.92. The quantitative estimate of drug-likeness (QED) is 0.761. The standard InChI is InChI=1S/C13H10ClFO2/c1-2-10(16)12-7-6-11(17-12)8-4-3-5-9(14)13(8)15/h3-7H,2H2,1H3. The van der Waals surface area contributed by atoms with Gasteiger partial charge >= 0.3 is 0 Å². The van der Waals surface area contributed by atoms with Gasteiger partial charge in [0.05, 0.1) is 10.6 Å². The molecule has 0 aliphatic carbocycles. The Balaban J connectivity index is 2.44. The molecule has 88 valence electrons. The molecule has 0 bridgehead atoms. The smallest absolute Gasteiger partial charge is 0.197 e. The number of carbonyl (C=O) groups excluding carboxylic acids is 1. The van der Waals surface area contributed by atoms with E-state index in [2.05, 4.69) is 0 Å². The van der Waals surface area contributed by atoms with Gasteiger partial charge in [-0.1, -0.05) is 24.6 Å². The first kappa shape index (κ1) is 11.9. The number of halogens is 2. The fraction of sp³-hybridized carbons (Fsp3) is 0.154. The van der Waals surface area contributed by atoms with E-state index < -0.39 is 5.82 Å². The maximum absolute atomic E-state index is 13.7. The Hall–Kier alpha value is -1.61. The maximum Gasteiger partial charge on any atom is 0.197 e. The largest absolute Gasteiger partial charge is 0.453 e. The normalized spacial score (nSPS) is 10.5. The first-order valence-corrected chi connectivity index (χ1v) is 5.58. The fourth-order valence-electron chi connectivity index (χ4n) is 1.50. The minimum absolute atomic E-state index is 0.0299. The molecule has 0 radical (unpaired) electrons. The summed E-state index contributed by atoms with van der Waals surface area (Å²) in [5.74, 6) is -0.110. The number of carbonyl (C=O) groups is 1. The predicted octanol–water partition coefficient (Wildman–Crippen LogP) is 4.33. The minimum atomic E-state index is -0.543. The second kappa shape index (κ2) is 4.72. The van der Waals surface area contributed by atoms with Crippen molar-refractivity contribution in [3.05, 3.63) is 46.9 Å². The highest BCUT2D eigenvalue weighted by Crippen LogP contribution is 2.29. The first-order valence-electron chi connectivity index (χ1n) is 5.21. The molecule has 0 N–H and O–H groups in total. The van der Waals surface area contributed by atoms with E-state index in [1.165, 1.54) is 6.07 Å². The van der Waals surface area contributed by atoms with Crippen molar-refractivity contribution in [2.75, 3.05) is 0 Å². The van der Waals surface area contributed by atoms with Gasteiger partial charge < -0.3 is 4.42 Å². The van der Waals surface area contributed by atoms with Crippen LogP contribution >= 0.6 is 11.6 Å². The Morgan fingerprint density at radius 2 is 2.12 bits per heavy atom. The van der Waals surface area contributed by atoms with Gasteiger partial charge in [-0.05, 0) is 24.3 Å². The van der Waals surface area contributed by atoms with Gasteiger partial charge in [0.15, 0.2) is 17.4 Å². The highest BCUT2D eigenvalue weighted by molar-refractivity contribution is 6.31. The predicted molar refractivity (Wildman–Crippen MR) is 63.7 cm³/mol. The molecule has 0 aliphatic heterocycles. The lowest BCUT2D eigenvalue weighted by molar-refractivity contribution is 0.0962. The second-order valence-corrected chi connectivity index (χ2v) is 3.95. The molecule has 0 fully saturated rings. The fourth-order valence-corrected chi connectivity index (χ4v) is 1.68. The summed E-state index contributed by atoms with van der Waals surface area (Å²) in [6.07, 6.45) is 0.352. The zero-order valence-electron chi connectivity index (χ0n) is 9.17. The Labute approximate surface area is 103 Å². The van der Waals surface area contributed by atoms with Crippen molar-refractivity contribution in [3.8, 4) is 11.3 Å². The van der Waals surface area contributed by atoms with Crippen LogP contribution in [0.1, 0.15) is 23.9 Å². The van der Waals surface area contributed by atoms with Gasteiger partial charge in [0, 0.05) is 6.42 Å². The molecule has 1 aromatic carbocycles. The summed E-state index contributed by atoms with van der Waals surface area (Å²) in [7, 11) is 0. The summed E-state index contributed by atoms with van der Waals surface area (Å²) >= 11 is 5.68. The SMILES string of the molecule is CCC(=O)c1ccc(-c2cccc(Cl)c2F)o1. The summed E-state index contributed by atoms with van der Waals surface area (Å²) in [6.45, 7) is 1.74. The third-order valence-electron chi connectivity index (χ3n) is 2.42. The van der Waals surface area contributed by atoms with Gasteiger partial charge in [-0.15, -0.1) is 0 Å². The molecule has 0 saturated carbocycles. The third kappa shape index (κ3) is 2.24. The second-order valence-electron chi connectivity index (χ2n) is 3.54. The molecule has 0 amide bonds. The summed E-state index contributed by atoms with van der Waals surface area (Å²) in [5, 5.41) is 0.0299. The third-order valence-corrected chi connectivity index (χ3v) is 2.71. The average Bonchev–Trinajstić information content (AvgIpc) is 2.81. The monoisotopic (exact) mass is 252 g/mol. The number of ketones is 1. The van der Waals surface area contributed by atoms with Crippen molar-refractivity contribution in [3.63, 3.8) is 0 Å². The number of hydrogen-bond donors (Lipinski definition) is 0. The van der Waals surface area contributed by atoms with E-state index in [4.69, 9.17) is 16.0 Å². The zero-order chi connectivity index (χ0) is 12.4. The number of furan rings is 1. The van der Waals surface area contributed by atoms with E-state index in [-0.39, 0.29) is 22.1 Å². The molecule has 0 saturated heterocycles. The van der Waals surface area contributed by atoms with Crippen molar-refractivity contribution in [1.29, 1.82) is 0 Å². The Bertz CT molecular complexity index is 560. The van der Waals surface area contributed by atoms with Crippen LogP contribution in [-0.4, -0.2) is 5.78 Å². The lowest BCUT2D eigenvalue weighted by Gasteiger charge is -2.00. The van der Waals surface area contributed by atoms with Crippen LogP contribution in [0.5, 0.6) is 0 Å². The molecule has 0 atom stereocenters. The maximum atomic E-state index is 13.7. The van der Waals surface area contributed by atoms with E-state index >= 15 is 0 Å². The molecule has 17 heavy (non-hydrogen) atoms. The lowest BCUT2D eigenvalue weighted by Crippen LogP contribution is -1.92. The van der Waals surface area contributed by atoms with Crippen LogP contribution < -0.4 is 0 Å². The molecular formula is C13H10ClFO2. The average molecular weight is 253 g/mol. The number of rotatable bonds is 3.